The lowest BCUT2D eigenvalue weighted by Crippen LogP contribution is -2.61. The van der Waals surface area contributed by atoms with Crippen LogP contribution in [0.4, 0.5) is 5.69 Å². The molecular weight excluding hydrogens is 320 g/mol. The van der Waals surface area contributed by atoms with Crippen molar-refractivity contribution in [2.45, 2.75) is 25.9 Å². The summed E-state index contributed by atoms with van der Waals surface area (Å²) in [6.45, 7) is 5.69. The average Bonchev–Trinajstić information content (AvgIpc) is 2.59. The molecule has 1 aliphatic rings. The fraction of sp³-hybridized carbons (Fsp3) is 0.556. The Hall–Kier alpha value is -2.28. The summed E-state index contributed by atoms with van der Waals surface area (Å²) in [6.07, 6.45) is 0. The van der Waals surface area contributed by atoms with Gasteiger partial charge in [-0.1, -0.05) is 6.07 Å². The van der Waals surface area contributed by atoms with Gasteiger partial charge in [-0.15, -0.1) is 0 Å². The van der Waals surface area contributed by atoms with Gasteiger partial charge in [0.2, 0.25) is 5.91 Å². The van der Waals surface area contributed by atoms with Crippen molar-refractivity contribution in [3.63, 3.8) is 0 Å². The first-order valence-electron chi connectivity index (χ1n) is 8.52. The van der Waals surface area contributed by atoms with Crippen molar-refractivity contribution in [1.29, 1.82) is 0 Å². The molecule has 1 heterocycles. The maximum absolute atomic E-state index is 12.5. The van der Waals surface area contributed by atoms with Gasteiger partial charge in [-0.05, 0) is 26.0 Å². The lowest BCUT2D eigenvalue weighted by molar-refractivity contribution is -0.144. The maximum Gasteiger partial charge on any atom is 0.261 e. The number of carbonyl (C=O) groups excluding carboxylic acids is 2. The molecule has 0 spiro atoms. The molecule has 138 valence electrons. The summed E-state index contributed by atoms with van der Waals surface area (Å²) < 4.78 is 5.63. The van der Waals surface area contributed by atoms with Crippen LogP contribution < -0.4 is 15.4 Å². The highest BCUT2D eigenvalue weighted by molar-refractivity contribution is 5.87. The van der Waals surface area contributed by atoms with Crippen LogP contribution in [-0.4, -0.2) is 74.0 Å². The number of benzene rings is 1. The van der Waals surface area contributed by atoms with Crippen LogP contribution in [0.1, 0.15) is 13.8 Å². The molecule has 25 heavy (non-hydrogen) atoms. The van der Waals surface area contributed by atoms with E-state index in [-0.39, 0.29) is 12.5 Å². The molecule has 7 heteroatoms. The Morgan fingerprint density at radius 2 is 2.04 bits per heavy atom. The van der Waals surface area contributed by atoms with Gasteiger partial charge >= 0.3 is 0 Å². The molecule has 1 aliphatic heterocycles. The Morgan fingerprint density at radius 3 is 2.64 bits per heavy atom. The van der Waals surface area contributed by atoms with Crippen LogP contribution in [0, 0.1) is 0 Å². The second kappa shape index (κ2) is 8.20. The molecular formula is C18H28N4O3. The van der Waals surface area contributed by atoms with Gasteiger partial charge in [0, 0.05) is 51.5 Å². The van der Waals surface area contributed by atoms with E-state index in [0.717, 1.165) is 12.2 Å². The predicted octanol–water partition coefficient (Wildman–Crippen LogP) is 0.538. The number of hydrogen-bond acceptors (Lipinski definition) is 5. The number of carbonyl (C=O) groups is 2. The topological polar surface area (TPSA) is 79.1 Å². The first-order valence-corrected chi connectivity index (χ1v) is 8.52. The highest BCUT2D eigenvalue weighted by Crippen LogP contribution is 2.20. The third-order valence-electron chi connectivity index (χ3n) is 4.49. The van der Waals surface area contributed by atoms with Gasteiger partial charge in [0.05, 0.1) is 0 Å². The molecule has 7 nitrogen and oxygen atoms in total. The Balaban J connectivity index is 1.99. The third kappa shape index (κ3) is 4.85. The van der Waals surface area contributed by atoms with Crippen molar-refractivity contribution < 1.29 is 14.3 Å². The van der Waals surface area contributed by atoms with Gasteiger partial charge in [-0.3, -0.25) is 14.5 Å². The smallest absolute Gasteiger partial charge is 0.261 e. The summed E-state index contributed by atoms with van der Waals surface area (Å²) in [7, 11) is 3.88. The van der Waals surface area contributed by atoms with E-state index in [0.29, 0.717) is 24.9 Å². The fourth-order valence-corrected chi connectivity index (χ4v) is 2.89. The van der Waals surface area contributed by atoms with Crippen molar-refractivity contribution >= 4 is 17.5 Å². The van der Waals surface area contributed by atoms with Crippen molar-refractivity contribution in [2.24, 2.45) is 5.73 Å². The molecule has 0 bridgehead atoms. The van der Waals surface area contributed by atoms with E-state index in [1.165, 1.54) is 4.90 Å². The standard InChI is InChI=1S/C18H28N4O3/c1-13(2)21-8-9-22(16(11-21)18(19)24)17(23)12-25-15-7-5-6-14(10-15)20(3)4/h5-7,10,13,16H,8-9,11-12H2,1-4H3,(H2,19,24). The molecule has 1 aromatic carbocycles. The summed E-state index contributed by atoms with van der Waals surface area (Å²) in [4.78, 5) is 30.0. The molecule has 0 saturated carbocycles. The van der Waals surface area contributed by atoms with Gasteiger partial charge in [0.15, 0.2) is 6.61 Å². The maximum atomic E-state index is 12.5. The number of amides is 2. The number of nitrogens with zero attached hydrogens (tertiary/aromatic N) is 3. The van der Waals surface area contributed by atoms with E-state index >= 15 is 0 Å². The highest BCUT2D eigenvalue weighted by Gasteiger charge is 2.34. The first kappa shape index (κ1) is 19.1. The molecule has 0 aromatic heterocycles. The van der Waals surface area contributed by atoms with Gasteiger partial charge in [0.25, 0.3) is 5.91 Å². The SMILES string of the molecule is CC(C)N1CCN(C(=O)COc2cccc(N(C)C)c2)C(C(N)=O)C1. The molecule has 1 fully saturated rings. The molecule has 1 unspecified atom stereocenters. The second-order valence-corrected chi connectivity index (χ2v) is 6.77. The quantitative estimate of drug-likeness (QED) is 0.812. The largest absolute Gasteiger partial charge is 0.484 e. The highest BCUT2D eigenvalue weighted by atomic mass is 16.5. The van der Waals surface area contributed by atoms with E-state index in [4.69, 9.17) is 10.5 Å². The van der Waals surface area contributed by atoms with Crippen molar-refractivity contribution in [3.8, 4) is 5.75 Å². The zero-order valence-corrected chi connectivity index (χ0v) is 15.4. The molecule has 2 N–H and O–H groups in total. The van der Waals surface area contributed by atoms with Crippen LogP contribution >= 0.6 is 0 Å². The van der Waals surface area contributed by atoms with Crippen LogP contribution in [0.15, 0.2) is 24.3 Å². The molecule has 1 aromatic rings. The van der Waals surface area contributed by atoms with Crippen LogP contribution in [0.3, 0.4) is 0 Å². The van der Waals surface area contributed by atoms with Crippen LogP contribution in [0.25, 0.3) is 0 Å². The number of rotatable bonds is 6. The summed E-state index contributed by atoms with van der Waals surface area (Å²) in [5.74, 6) is -0.0771. The van der Waals surface area contributed by atoms with Gasteiger partial charge in [-0.25, -0.2) is 0 Å². The zero-order valence-electron chi connectivity index (χ0n) is 15.4. The number of primary amides is 1. The minimum Gasteiger partial charge on any atom is -0.484 e. The normalized spacial score (nSPS) is 18.3. The second-order valence-electron chi connectivity index (χ2n) is 6.77. The van der Waals surface area contributed by atoms with E-state index in [1.807, 2.05) is 43.3 Å². The van der Waals surface area contributed by atoms with Crippen LogP contribution in [-0.2, 0) is 9.59 Å². The number of hydrogen-bond donors (Lipinski definition) is 1. The lowest BCUT2D eigenvalue weighted by atomic mass is 10.1. The number of piperazine rings is 1. The van der Waals surface area contributed by atoms with E-state index in [9.17, 15) is 9.59 Å². The number of nitrogens with two attached hydrogens (primary N) is 1. The predicted molar refractivity (Wildman–Crippen MR) is 97.7 cm³/mol. The molecule has 0 aliphatic carbocycles. The first-order chi connectivity index (χ1) is 11.8. The Morgan fingerprint density at radius 1 is 1.32 bits per heavy atom. The zero-order chi connectivity index (χ0) is 18.6. The number of ether oxygens (including phenoxy) is 1. The van der Waals surface area contributed by atoms with E-state index in [1.54, 1.807) is 0 Å². The van der Waals surface area contributed by atoms with Crippen molar-refractivity contribution in [2.75, 3.05) is 45.2 Å². The average molecular weight is 348 g/mol. The molecule has 1 atom stereocenters. The monoisotopic (exact) mass is 348 g/mol. The fourth-order valence-electron chi connectivity index (χ4n) is 2.89. The van der Waals surface area contributed by atoms with Gasteiger partial charge in [-0.2, -0.15) is 0 Å². The van der Waals surface area contributed by atoms with Crippen molar-refractivity contribution in [1.82, 2.24) is 9.80 Å². The molecule has 2 amide bonds. The Kier molecular flexibility index (Phi) is 6.25. The summed E-state index contributed by atoms with van der Waals surface area (Å²) in [5.41, 5.74) is 6.50. The third-order valence-corrected chi connectivity index (χ3v) is 4.49. The summed E-state index contributed by atoms with van der Waals surface area (Å²) >= 11 is 0. The minimum absolute atomic E-state index is 0.109. The van der Waals surface area contributed by atoms with E-state index < -0.39 is 11.9 Å². The Bertz CT molecular complexity index is 618. The summed E-state index contributed by atoms with van der Waals surface area (Å²) in [6, 6.07) is 7.22. The molecule has 2 rings (SSSR count). The van der Waals surface area contributed by atoms with Crippen molar-refractivity contribution in [3.05, 3.63) is 24.3 Å². The lowest BCUT2D eigenvalue weighted by Gasteiger charge is -2.41. The summed E-state index contributed by atoms with van der Waals surface area (Å²) in [5, 5.41) is 0. The Labute approximate surface area is 149 Å². The number of anilines is 1. The van der Waals surface area contributed by atoms with Crippen LogP contribution in [0.2, 0.25) is 0 Å². The van der Waals surface area contributed by atoms with Gasteiger partial charge < -0.3 is 20.3 Å². The van der Waals surface area contributed by atoms with Gasteiger partial charge in [0.1, 0.15) is 11.8 Å². The van der Waals surface area contributed by atoms with Crippen LogP contribution in [0.5, 0.6) is 5.75 Å². The molecule has 1 saturated heterocycles. The molecule has 0 radical (unpaired) electrons. The minimum atomic E-state index is -0.611. The van der Waals surface area contributed by atoms with E-state index in [2.05, 4.69) is 18.7 Å².